The minimum absolute atomic E-state index is 0.139. The second-order valence-electron chi connectivity index (χ2n) is 6.70. The van der Waals surface area contributed by atoms with Crippen molar-refractivity contribution in [2.45, 2.75) is 25.8 Å². The molecule has 0 spiro atoms. The van der Waals surface area contributed by atoms with Crippen LogP contribution < -0.4 is 4.90 Å². The summed E-state index contributed by atoms with van der Waals surface area (Å²) in [6, 6.07) is 2.04. The van der Waals surface area contributed by atoms with Crippen molar-refractivity contribution in [3.8, 4) is 0 Å². The summed E-state index contributed by atoms with van der Waals surface area (Å²) in [6.45, 7) is 8.59. The van der Waals surface area contributed by atoms with E-state index in [-0.39, 0.29) is 5.69 Å². The van der Waals surface area contributed by atoms with E-state index in [9.17, 15) is 18.9 Å². The van der Waals surface area contributed by atoms with Gasteiger partial charge in [-0.15, -0.1) is 0 Å². The van der Waals surface area contributed by atoms with E-state index in [2.05, 4.69) is 16.7 Å². The zero-order valence-corrected chi connectivity index (χ0v) is 14.5. The summed E-state index contributed by atoms with van der Waals surface area (Å²) in [5.74, 6) is -1.72. The number of piperazine rings is 1. The van der Waals surface area contributed by atoms with Crippen LogP contribution >= 0.6 is 0 Å². The fraction of sp³-hybridized carbons (Fsp3) is 0.647. The second kappa shape index (κ2) is 7.61. The predicted molar refractivity (Wildman–Crippen MR) is 91.9 cm³/mol. The van der Waals surface area contributed by atoms with E-state index in [4.69, 9.17) is 0 Å². The molecule has 0 radical (unpaired) electrons. The molecule has 2 fully saturated rings. The highest BCUT2D eigenvalue weighted by atomic mass is 19.1. The van der Waals surface area contributed by atoms with Crippen molar-refractivity contribution >= 4 is 11.4 Å². The predicted octanol–water partition coefficient (Wildman–Crippen LogP) is 2.48. The standard InChI is InChI=1S/C17H24F2N4O2/c1-2-20-7-9-21(10-8-20)13-3-5-22(6-4-13)17-15(18)11-14(23(24)25)12-16(17)19/h11-13H,2-10H2,1H3. The molecule has 2 aliphatic heterocycles. The van der Waals surface area contributed by atoms with Crippen LogP contribution in [0.4, 0.5) is 20.2 Å². The lowest BCUT2D eigenvalue weighted by Crippen LogP contribution is -2.53. The third kappa shape index (κ3) is 3.90. The van der Waals surface area contributed by atoms with E-state index in [0.29, 0.717) is 19.1 Å². The molecular weight excluding hydrogens is 330 g/mol. The van der Waals surface area contributed by atoms with Crippen LogP contribution in [0.3, 0.4) is 0 Å². The van der Waals surface area contributed by atoms with Gasteiger partial charge in [-0.2, -0.15) is 0 Å². The van der Waals surface area contributed by atoms with Crippen molar-refractivity contribution in [3.05, 3.63) is 33.9 Å². The van der Waals surface area contributed by atoms with Crippen LogP contribution in [-0.2, 0) is 0 Å². The van der Waals surface area contributed by atoms with E-state index >= 15 is 0 Å². The van der Waals surface area contributed by atoms with Gasteiger partial charge in [-0.25, -0.2) is 8.78 Å². The number of non-ortho nitro benzene ring substituents is 1. The minimum atomic E-state index is -0.860. The summed E-state index contributed by atoms with van der Waals surface area (Å²) in [7, 11) is 0. The molecular formula is C17H24F2N4O2. The topological polar surface area (TPSA) is 52.9 Å². The molecule has 2 aliphatic rings. The van der Waals surface area contributed by atoms with Crippen molar-refractivity contribution in [3.63, 3.8) is 0 Å². The van der Waals surface area contributed by atoms with Crippen molar-refractivity contribution in [1.29, 1.82) is 0 Å². The molecule has 0 amide bonds. The van der Waals surface area contributed by atoms with Gasteiger partial charge < -0.3 is 9.80 Å². The SMILES string of the molecule is CCN1CCN(C2CCN(c3c(F)cc([N+](=O)[O-])cc3F)CC2)CC1. The van der Waals surface area contributed by atoms with Gasteiger partial charge in [0, 0.05) is 45.3 Å². The lowest BCUT2D eigenvalue weighted by molar-refractivity contribution is -0.385. The quantitative estimate of drug-likeness (QED) is 0.614. The molecule has 1 aromatic carbocycles. The Balaban J connectivity index is 1.62. The monoisotopic (exact) mass is 354 g/mol. The number of nitrogens with zero attached hydrogens (tertiary/aromatic N) is 4. The second-order valence-corrected chi connectivity index (χ2v) is 6.70. The Morgan fingerprint density at radius 3 is 2.12 bits per heavy atom. The van der Waals surface area contributed by atoms with Crippen molar-refractivity contribution in [2.24, 2.45) is 0 Å². The van der Waals surface area contributed by atoms with Gasteiger partial charge in [0.1, 0.15) is 5.69 Å². The fourth-order valence-corrected chi connectivity index (χ4v) is 3.86. The first-order chi connectivity index (χ1) is 12.0. The van der Waals surface area contributed by atoms with E-state index in [0.717, 1.165) is 57.7 Å². The van der Waals surface area contributed by atoms with Crippen LogP contribution in [0.2, 0.25) is 0 Å². The Kier molecular flexibility index (Phi) is 5.48. The average molecular weight is 354 g/mol. The molecule has 2 heterocycles. The van der Waals surface area contributed by atoms with Crippen LogP contribution in [0.25, 0.3) is 0 Å². The first kappa shape index (κ1) is 18.0. The first-order valence-electron chi connectivity index (χ1n) is 8.84. The smallest absolute Gasteiger partial charge is 0.275 e. The molecule has 8 heteroatoms. The molecule has 0 bridgehead atoms. The molecule has 1 aromatic rings. The summed E-state index contributed by atoms with van der Waals surface area (Å²) >= 11 is 0. The molecule has 0 N–H and O–H groups in total. The first-order valence-corrected chi connectivity index (χ1v) is 8.84. The number of nitro groups is 1. The Morgan fingerprint density at radius 2 is 1.64 bits per heavy atom. The zero-order chi connectivity index (χ0) is 18.0. The third-order valence-electron chi connectivity index (χ3n) is 5.36. The molecule has 3 rings (SSSR count). The van der Waals surface area contributed by atoms with Crippen LogP contribution in [0.5, 0.6) is 0 Å². The summed E-state index contributed by atoms with van der Waals surface area (Å²) in [5, 5.41) is 10.7. The Bertz CT molecular complexity index is 604. The van der Waals surface area contributed by atoms with Gasteiger partial charge in [0.15, 0.2) is 11.6 Å². The number of benzene rings is 1. The Morgan fingerprint density at radius 1 is 1.08 bits per heavy atom. The van der Waals surface area contributed by atoms with Crippen molar-refractivity contribution in [1.82, 2.24) is 9.80 Å². The maximum atomic E-state index is 14.2. The van der Waals surface area contributed by atoms with E-state index in [1.54, 1.807) is 4.90 Å². The normalized spacial score (nSPS) is 20.8. The lowest BCUT2D eigenvalue weighted by atomic mass is 10.0. The van der Waals surface area contributed by atoms with Gasteiger partial charge in [-0.1, -0.05) is 6.92 Å². The van der Waals surface area contributed by atoms with E-state index in [1.807, 2.05) is 0 Å². The van der Waals surface area contributed by atoms with Crippen LogP contribution in [0, 0.1) is 21.7 Å². The molecule has 6 nitrogen and oxygen atoms in total. The van der Waals surface area contributed by atoms with Crippen molar-refractivity contribution in [2.75, 3.05) is 50.7 Å². The van der Waals surface area contributed by atoms with Crippen molar-refractivity contribution < 1.29 is 13.7 Å². The number of hydrogen-bond acceptors (Lipinski definition) is 5. The summed E-state index contributed by atoms with van der Waals surface area (Å²) in [5.41, 5.74) is -0.692. The van der Waals surface area contributed by atoms with Gasteiger partial charge in [0.05, 0.1) is 17.1 Å². The van der Waals surface area contributed by atoms with E-state index < -0.39 is 22.2 Å². The maximum absolute atomic E-state index is 14.2. The van der Waals surface area contributed by atoms with Gasteiger partial charge in [-0.05, 0) is 19.4 Å². The highest BCUT2D eigenvalue weighted by Crippen LogP contribution is 2.31. The average Bonchev–Trinajstić information content (AvgIpc) is 2.61. The Hall–Kier alpha value is -1.80. The molecule has 138 valence electrons. The molecule has 0 unspecified atom stereocenters. The van der Waals surface area contributed by atoms with Gasteiger partial charge >= 0.3 is 0 Å². The van der Waals surface area contributed by atoms with Gasteiger partial charge in [-0.3, -0.25) is 15.0 Å². The highest BCUT2D eigenvalue weighted by Gasteiger charge is 2.30. The molecule has 0 atom stereocenters. The lowest BCUT2D eigenvalue weighted by Gasteiger charge is -2.43. The number of hydrogen-bond donors (Lipinski definition) is 0. The number of anilines is 1. The minimum Gasteiger partial charge on any atom is -0.367 e. The highest BCUT2D eigenvalue weighted by molar-refractivity contribution is 5.54. The third-order valence-corrected chi connectivity index (χ3v) is 5.36. The maximum Gasteiger partial charge on any atom is 0.275 e. The molecule has 0 saturated carbocycles. The summed E-state index contributed by atoms with van der Waals surface area (Å²) < 4.78 is 28.4. The Labute approximate surface area is 146 Å². The molecule has 25 heavy (non-hydrogen) atoms. The fourth-order valence-electron chi connectivity index (χ4n) is 3.86. The zero-order valence-electron chi connectivity index (χ0n) is 14.5. The van der Waals surface area contributed by atoms with Gasteiger partial charge in [0.2, 0.25) is 0 Å². The summed E-state index contributed by atoms with van der Waals surface area (Å²) in [4.78, 5) is 16.5. The van der Waals surface area contributed by atoms with Crippen LogP contribution in [-0.4, -0.2) is 66.6 Å². The molecule has 0 aromatic heterocycles. The van der Waals surface area contributed by atoms with Crippen LogP contribution in [0.1, 0.15) is 19.8 Å². The van der Waals surface area contributed by atoms with Crippen LogP contribution in [0.15, 0.2) is 12.1 Å². The molecule has 0 aliphatic carbocycles. The number of rotatable bonds is 4. The largest absolute Gasteiger partial charge is 0.367 e. The number of nitro benzene ring substituents is 1. The summed E-state index contributed by atoms with van der Waals surface area (Å²) in [6.07, 6.45) is 1.70. The molecule has 2 saturated heterocycles. The van der Waals surface area contributed by atoms with Gasteiger partial charge in [0.25, 0.3) is 5.69 Å². The number of piperidine rings is 1. The number of likely N-dealkylation sites (N-methyl/N-ethyl adjacent to an activating group) is 1. The van der Waals surface area contributed by atoms with E-state index in [1.165, 1.54) is 0 Å². The number of halogens is 2.